The monoisotopic (exact) mass is 1040 g/mol. The van der Waals surface area contributed by atoms with E-state index in [0.29, 0.717) is 56.9 Å². The van der Waals surface area contributed by atoms with E-state index in [1.165, 1.54) is 6.92 Å². The van der Waals surface area contributed by atoms with Crippen LogP contribution in [0.3, 0.4) is 0 Å². The number of carbonyl (C=O) groups excluding carboxylic acids is 2. The Morgan fingerprint density at radius 2 is 1.19 bits per heavy atom. The highest BCUT2D eigenvalue weighted by Crippen LogP contribution is 2.74. The Labute approximate surface area is 414 Å². The average Bonchev–Trinajstić information content (AvgIpc) is 3.53. The lowest BCUT2D eigenvalue weighted by atomic mass is 9.41. The molecule has 8 rings (SSSR count). The van der Waals surface area contributed by atoms with Crippen molar-refractivity contribution in [1.82, 2.24) is 0 Å². The highest BCUT2D eigenvalue weighted by Gasteiger charge is 2.70. The first kappa shape index (κ1) is 55.6. The van der Waals surface area contributed by atoms with Crippen LogP contribution in [0.4, 0.5) is 0 Å². The maximum Gasteiger partial charge on any atom is 0.317 e. The summed E-state index contributed by atoms with van der Waals surface area (Å²) in [5.41, 5.74) is -2.51. The van der Waals surface area contributed by atoms with Gasteiger partial charge >= 0.3 is 17.9 Å². The number of rotatable bonds is 14. The van der Waals surface area contributed by atoms with Crippen LogP contribution in [0, 0.1) is 28.1 Å². The average molecular weight is 1040 g/mol. The van der Waals surface area contributed by atoms with Crippen LogP contribution in [0.25, 0.3) is 0 Å². The number of carbonyl (C=O) groups is 3. The molecule has 4 heterocycles. The van der Waals surface area contributed by atoms with Crippen LogP contribution in [-0.4, -0.2) is 233 Å². The van der Waals surface area contributed by atoms with Crippen molar-refractivity contribution in [3.63, 3.8) is 0 Å². The number of aliphatic hydroxyl groups is 12. The van der Waals surface area contributed by atoms with E-state index in [2.05, 4.69) is 13.5 Å². The van der Waals surface area contributed by atoms with Gasteiger partial charge in [0.15, 0.2) is 18.9 Å². The molecule has 1 unspecified atom stereocenters. The summed E-state index contributed by atoms with van der Waals surface area (Å²) in [7, 11) is 0. The fourth-order valence-corrected chi connectivity index (χ4v) is 13.8. The van der Waals surface area contributed by atoms with E-state index in [1.54, 1.807) is 6.92 Å². The predicted molar refractivity (Wildman–Crippen MR) is 234 cm³/mol. The molecule has 4 aliphatic heterocycles. The molecular weight excluding hydrogens is 964 g/mol. The summed E-state index contributed by atoms with van der Waals surface area (Å²) in [6.07, 6.45) is -30.1. The number of hydrogen-bond acceptors (Lipinski definition) is 24. The van der Waals surface area contributed by atoms with Crippen LogP contribution in [-0.2, 0) is 57.0 Å². The Hall–Kier alpha value is -2.61. The Bertz CT molecular complexity index is 1980. The number of carboxylic acid groups (broad SMARTS) is 1. The number of aliphatic carboxylic acids is 1. The van der Waals surface area contributed by atoms with Crippen molar-refractivity contribution in [1.29, 1.82) is 0 Å². The summed E-state index contributed by atoms with van der Waals surface area (Å²) < 4.78 is 53.5. The molecule has 4 saturated carbocycles. The first-order valence-electron chi connectivity index (χ1n) is 24.7. The van der Waals surface area contributed by atoms with Gasteiger partial charge in [0, 0.05) is 0 Å². The highest BCUT2D eigenvalue weighted by molar-refractivity contribution is 5.90. The number of fused-ring (bicyclic) bond motifs is 3. The van der Waals surface area contributed by atoms with Gasteiger partial charge in [0.2, 0.25) is 6.29 Å². The van der Waals surface area contributed by atoms with E-state index in [9.17, 15) is 75.7 Å². The predicted octanol–water partition coefficient (Wildman–Crippen LogP) is -4.06. The maximum absolute atomic E-state index is 14.5. The van der Waals surface area contributed by atoms with Gasteiger partial charge in [-0.2, -0.15) is 0 Å². The summed E-state index contributed by atoms with van der Waals surface area (Å²) in [4.78, 5) is 37.4. The summed E-state index contributed by atoms with van der Waals surface area (Å²) in [5.74, 6) is -3.58. The lowest BCUT2D eigenvalue weighted by Crippen LogP contribution is -2.67. The third kappa shape index (κ3) is 9.77. The van der Waals surface area contributed by atoms with Crippen LogP contribution in [0.15, 0.2) is 12.2 Å². The van der Waals surface area contributed by atoms with E-state index in [-0.39, 0.29) is 11.8 Å². The molecule has 0 aromatic carbocycles. The molecule has 1 spiro atoms. The van der Waals surface area contributed by atoms with Crippen molar-refractivity contribution in [2.24, 2.45) is 28.1 Å². The number of esters is 2. The van der Waals surface area contributed by atoms with Gasteiger partial charge in [-0.05, 0) is 93.5 Å². The second kappa shape index (κ2) is 21.1. The van der Waals surface area contributed by atoms with Crippen molar-refractivity contribution in [3.05, 3.63) is 12.2 Å². The zero-order valence-electron chi connectivity index (χ0n) is 40.3. The minimum Gasteiger partial charge on any atom is -0.481 e. The van der Waals surface area contributed by atoms with E-state index in [1.807, 2.05) is 0 Å². The number of carboxylic acids is 1. The Kier molecular flexibility index (Phi) is 16.3. The summed E-state index contributed by atoms with van der Waals surface area (Å²) >= 11 is 0. The Morgan fingerprint density at radius 3 is 1.85 bits per heavy atom. The third-order valence-electron chi connectivity index (χ3n) is 17.6. The molecule has 25 nitrogen and oxygen atoms in total. The summed E-state index contributed by atoms with van der Waals surface area (Å²) in [6.45, 7) is 7.58. The highest BCUT2D eigenvalue weighted by atomic mass is 16.8. The number of hydrogen-bond donors (Lipinski definition) is 13. The second-order valence-electron chi connectivity index (χ2n) is 21.9. The quantitative estimate of drug-likeness (QED) is 0.0341. The Morgan fingerprint density at radius 1 is 0.639 bits per heavy atom. The third-order valence-corrected chi connectivity index (χ3v) is 17.6. The van der Waals surface area contributed by atoms with Crippen LogP contribution in [0.1, 0.15) is 85.0 Å². The first-order chi connectivity index (χ1) is 33.8. The molecule has 13 N–H and O–H groups in total. The smallest absolute Gasteiger partial charge is 0.317 e. The molecular formula is C47H72O25. The van der Waals surface area contributed by atoms with Gasteiger partial charge in [0.1, 0.15) is 105 Å². The van der Waals surface area contributed by atoms with Gasteiger partial charge < -0.3 is 109 Å². The lowest BCUT2D eigenvalue weighted by Gasteiger charge is -2.64. The largest absolute Gasteiger partial charge is 0.481 e. The van der Waals surface area contributed by atoms with Gasteiger partial charge in [0.25, 0.3) is 0 Å². The van der Waals surface area contributed by atoms with Crippen LogP contribution in [0.5, 0.6) is 0 Å². The summed E-state index contributed by atoms with van der Waals surface area (Å²) in [5, 5.41) is 138. The molecule has 0 amide bonds. The topological polar surface area (TPSA) is 397 Å². The molecule has 8 fully saturated rings. The van der Waals surface area contributed by atoms with Crippen molar-refractivity contribution < 1.29 is 123 Å². The number of aliphatic hydroxyl groups excluding tert-OH is 12. The molecule has 2 bridgehead atoms. The van der Waals surface area contributed by atoms with Crippen molar-refractivity contribution >= 4 is 17.9 Å². The maximum atomic E-state index is 14.5. The van der Waals surface area contributed by atoms with Gasteiger partial charge in [-0.15, -0.1) is 0 Å². The van der Waals surface area contributed by atoms with Gasteiger partial charge in [-0.1, -0.05) is 19.9 Å². The fraction of sp³-hybridized carbons (Fsp3) is 0.894. The first-order valence-corrected chi connectivity index (χ1v) is 24.7. The Balaban J connectivity index is 1.03. The standard InChI is InChI=1S/C47H72O25/c1-18-13-46-10-6-23-44(3,8-5-9-45(23,4)43(63)71-41-36(62)33(59)29(55)22(68-41)16-64-26(52)12-25(50)51)24(46)7-11-47(18,17-46)72-42-38(70-39-34(60)31(57)27(53)19(2)65-39)37(30(56)21(15-49)67-42)69-40-35(61)32(58)28(54)20(14-48)66-40/h19-24,27-42,48-49,53-62H,1,5-17H2,2-4H3,(H,50,51)/t19-,20?,21+,22+,23-,24-,27-,28+,29+,30+,31+,32-,33-,34+,35+,36+,37-,38+,39-,40-,41-,42-,44+,45+,46+,47-/m0/s1. The van der Waals surface area contributed by atoms with Crippen LogP contribution >= 0.6 is 0 Å². The van der Waals surface area contributed by atoms with E-state index in [4.69, 9.17) is 47.7 Å². The minimum atomic E-state index is -1.94. The molecule has 26 atom stereocenters. The molecule has 25 heteroatoms. The van der Waals surface area contributed by atoms with E-state index in [0.717, 1.165) is 6.42 Å². The molecule has 8 aliphatic rings. The molecule has 0 aromatic heterocycles. The van der Waals surface area contributed by atoms with Gasteiger partial charge in [-0.3, -0.25) is 14.4 Å². The SMILES string of the molecule is C=C1C[C@@]23CC[C@H]4[C@@](C)(CCC[C@@]4(C)C(=O)O[C@@H]4O[C@H](COC(=O)CC(=O)O)[C@@H](O)[C@H](O)[C@H]4O)[C@@H]2CC[C@]1(O[C@@H]1O[C@H](CO)[C@@H](O)[C@H](O[C@@H]2OC(CO)[C@@H](O)[C@H](O)[C@H]2O)[C@H]1O[C@@H]1O[C@@H](C)[C@H](O)[C@@H](O)[C@H]1O)C3. The zero-order chi connectivity index (χ0) is 52.6. The molecule has 0 radical (unpaired) electrons. The molecule has 4 saturated heterocycles. The normalized spacial score (nSPS) is 51.4. The van der Waals surface area contributed by atoms with Gasteiger partial charge in [0.05, 0.1) is 30.3 Å². The van der Waals surface area contributed by atoms with Crippen molar-refractivity contribution in [2.45, 2.75) is 213 Å². The van der Waals surface area contributed by atoms with Gasteiger partial charge in [-0.25, -0.2) is 0 Å². The molecule has 72 heavy (non-hydrogen) atoms. The number of ether oxygens (including phenoxy) is 9. The molecule has 0 aromatic rings. The van der Waals surface area contributed by atoms with Crippen LogP contribution in [0.2, 0.25) is 0 Å². The zero-order valence-corrected chi connectivity index (χ0v) is 40.3. The summed E-state index contributed by atoms with van der Waals surface area (Å²) in [6, 6.07) is 0. The van der Waals surface area contributed by atoms with E-state index < -0.39 is 189 Å². The van der Waals surface area contributed by atoms with Crippen molar-refractivity contribution in [3.8, 4) is 0 Å². The van der Waals surface area contributed by atoms with Crippen LogP contribution < -0.4 is 0 Å². The van der Waals surface area contributed by atoms with E-state index >= 15 is 0 Å². The fourth-order valence-electron chi connectivity index (χ4n) is 13.8. The molecule has 410 valence electrons. The second-order valence-corrected chi connectivity index (χ2v) is 21.9. The van der Waals surface area contributed by atoms with Crippen molar-refractivity contribution in [2.75, 3.05) is 19.8 Å². The lowest BCUT2D eigenvalue weighted by molar-refractivity contribution is -0.398. The minimum absolute atomic E-state index is 0.0145. The molecule has 4 aliphatic carbocycles.